The molecule has 1 amide bonds. The van der Waals surface area contributed by atoms with Gasteiger partial charge in [-0.25, -0.2) is 5.06 Å². The van der Waals surface area contributed by atoms with Crippen molar-refractivity contribution in [2.24, 2.45) is 5.92 Å². The van der Waals surface area contributed by atoms with Crippen LogP contribution >= 0.6 is 0 Å². The molecule has 0 fully saturated rings. The molecule has 0 unspecified atom stereocenters. The summed E-state index contributed by atoms with van der Waals surface area (Å²) in [6, 6.07) is 5.53. The number of nitrogens with zero attached hydrogens (tertiary/aromatic N) is 1. The normalized spacial score (nSPS) is 11.0. The molecular formula is C16H23NO4. The van der Waals surface area contributed by atoms with Crippen LogP contribution in [0.15, 0.2) is 24.3 Å². The Morgan fingerprint density at radius 1 is 1.29 bits per heavy atom. The van der Waals surface area contributed by atoms with E-state index in [1.165, 1.54) is 13.2 Å². The molecule has 1 aromatic rings. The highest BCUT2D eigenvalue weighted by molar-refractivity contribution is 5.90. The lowest BCUT2D eigenvalue weighted by molar-refractivity contribution is -0.162. The number of hydrogen-bond acceptors (Lipinski definition) is 4. The fraction of sp³-hybridized carbons (Fsp3) is 0.438. The molecule has 5 heteroatoms. The lowest BCUT2D eigenvalue weighted by Crippen LogP contribution is -2.22. The minimum atomic E-state index is -0.239. The number of carbonyl (C=O) groups is 1. The number of hydrogen-bond donors (Lipinski definition) is 0. The predicted octanol–water partition coefficient (Wildman–Crippen LogP) is 2.76. The molecule has 0 heterocycles. The summed E-state index contributed by atoms with van der Waals surface area (Å²) < 4.78 is 11.0. The average Bonchev–Trinajstić information content (AvgIpc) is 2.49. The van der Waals surface area contributed by atoms with Gasteiger partial charge in [-0.15, -0.1) is 0 Å². The lowest BCUT2D eigenvalue weighted by Gasteiger charge is -2.13. The number of methoxy groups -OCH3 is 1. The van der Waals surface area contributed by atoms with E-state index in [4.69, 9.17) is 14.3 Å². The third-order valence-electron chi connectivity index (χ3n) is 2.76. The van der Waals surface area contributed by atoms with Crippen molar-refractivity contribution in [2.75, 3.05) is 27.9 Å². The molecule has 21 heavy (non-hydrogen) atoms. The maximum Gasteiger partial charge on any atom is 0.269 e. The first-order valence-corrected chi connectivity index (χ1v) is 6.78. The number of benzene rings is 1. The van der Waals surface area contributed by atoms with Crippen LogP contribution in [-0.4, -0.2) is 38.8 Å². The zero-order valence-electron chi connectivity index (χ0n) is 13.3. The summed E-state index contributed by atoms with van der Waals surface area (Å²) in [4.78, 5) is 16.4. The minimum absolute atomic E-state index is 0.239. The summed E-state index contributed by atoms with van der Waals surface area (Å²) in [7, 11) is 4.58. The minimum Gasteiger partial charge on any atom is -0.493 e. The second kappa shape index (κ2) is 8.32. The molecule has 0 saturated heterocycles. The van der Waals surface area contributed by atoms with Gasteiger partial charge in [-0.2, -0.15) is 0 Å². The molecule has 1 rings (SSSR count). The SMILES string of the molecule is COc1cc(/C=C/C(=O)N(C)OC)ccc1OCC(C)C. The van der Waals surface area contributed by atoms with Gasteiger partial charge in [0.2, 0.25) is 0 Å². The van der Waals surface area contributed by atoms with E-state index in [0.717, 1.165) is 10.6 Å². The lowest BCUT2D eigenvalue weighted by atomic mass is 10.2. The second-order valence-electron chi connectivity index (χ2n) is 4.97. The molecule has 116 valence electrons. The van der Waals surface area contributed by atoms with Crippen LogP contribution in [-0.2, 0) is 9.63 Å². The molecule has 0 N–H and O–H groups in total. The van der Waals surface area contributed by atoms with Crippen LogP contribution in [0.4, 0.5) is 0 Å². The number of likely N-dealkylation sites (N-methyl/N-ethyl adjacent to an activating group) is 1. The Morgan fingerprint density at radius 3 is 2.57 bits per heavy atom. The van der Waals surface area contributed by atoms with Gasteiger partial charge < -0.3 is 9.47 Å². The largest absolute Gasteiger partial charge is 0.493 e. The van der Waals surface area contributed by atoms with Crippen LogP contribution in [0.5, 0.6) is 11.5 Å². The molecule has 0 saturated carbocycles. The molecule has 0 spiro atoms. The molecule has 0 atom stereocenters. The first kappa shape index (κ1) is 17.0. The Balaban J connectivity index is 2.82. The zero-order chi connectivity index (χ0) is 15.8. The quantitative estimate of drug-likeness (QED) is 0.573. The zero-order valence-corrected chi connectivity index (χ0v) is 13.3. The van der Waals surface area contributed by atoms with Gasteiger partial charge in [0.1, 0.15) is 0 Å². The predicted molar refractivity (Wildman–Crippen MR) is 82.1 cm³/mol. The van der Waals surface area contributed by atoms with Crippen LogP contribution in [0, 0.1) is 5.92 Å². The monoisotopic (exact) mass is 293 g/mol. The topological polar surface area (TPSA) is 48.0 Å². The van der Waals surface area contributed by atoms with E-state index in [-0.39, 0.29) is 5.91 Å². The maximum atomic E-state index is 11.6. The fourth-order valence-electron chi connectivity index (χ4n) is 1.53. The van der Waals surface area contributed by atoms with E-state index in [1.807, 2.05) is 18.2 Å². The molecule has 0 aliphatic carbocycles. The first-order valence-electron chi connectivity index (χ1n) is 6.78. The Hall–Kier alpha value is -2.01. The van der Waals surface area contributed by atoms with Gasteiger partial charge in [-0.05, 0) is 29.7 Å². The fourth-order valence-corrected chi connectivity index (χ4v) is 1.53. The first-order chi connectivity index (χ1) is 9.97. The Bertz CT molecular complexity index is 497. The molecule has 5 nitrogen and oxygen atoms in total. The molecular weight excluding hydrogens is 270 g/mol. The summed E-state index contributed by atoms with van der Waals surface area (Å²) in [5.74, 6) is 1.54. The van der Waals surface area contributed by atoms with E-state index in [9.17, 15) is 4.79 Å². The van der Waals surface area contributed by atoms with E-state index >= 15 is 0 Å². The standard InChI is InChI=1S/C16H23NO4/c1-12(2)11-21-14-8-6-13(10-15(14)19-4)7-9-16(18)17(3)20-5/h6-10,12H,11H2,1-5H3/b9-7+. The number of rotatable bonds is 7. The van der Waals surface area contributed by atoms with Gasteiger partial charge in [0.05, 0.1) is 20.8 Å². The highest BCUT2D eigenvalue weighted by Gasteiger charge is 2.07. The summed E-state index contributed by atoms with van der Waals surface area (Å²) in [5, 5.41) is 1.15. The summed E-state index contributed by atoms with van der Waals surface area (Å²) in [5.41, 5.74) is 0.849. The smallest absolute Gasteiger partial charge is 0.269 e. The van der Waals surface area contributed by atoms with Crippen molar-refractivity contribution in [3.63, 3.8) is 0 Å². The second-order valence-corrected chi connectivity index (χ2v) is 4.97. The number of hydroxylamine groups is 2. The van der Waals surface area contributed by atoms with Crippen LogP contribution in [0.3, 0.4) is 0 Å². The number of ether oxygens (including phenoxy) is 2. The third kappa shape index (κ3) is 5.47. The van der Waals surface area contributed by atoms with E-state index in [1.54, 1.807) is 20.2 Å². The van der Waals surface area contributed by atoms with Crippen molar-refractivity contribution >= 4 is 12.0 Å². The van der Waals surface area contributed by atoms with Gasteiger partial charge >= 0.3 is 0 Å². The Morgan fingerprint density at radius 2 is 2.00 bits per heavy atom. The highest BCUT2D eigenvalue weighted by Crippen LogP contribution is 2.28. The Labute approximate surface area is 126 Å². The molecule has 0 aliphatic heterocycles. The number of amides is 1. The van der Waals surface area contributed by atoms with Gasteiger partial charge in [-0.3, -0.25) is 9.63 Å². The van der Waals surface area contributed by atoms with E-state index in [2.05, 4.69) is 13.8 Å². The van der Waals surface area contributed by atoms with Crippen molar-refractivity contribution in [1.29, 1.82) is 0 Å². The van der Waals surface area contributed by atoms with Crippen molar-refractivity contribution in [3.8, 4) is 11.5 Å². The van der Waals surface area contributed by atoms with Gasteiger partial charge in [0, 0.05) is 13.1 Å². The molecule has 0 aromatic heterocycles. The van der Waals surface area contributed by atoms with Crippen molar-refractivity contribution in [2.45, 2.75) is 13.8 Å². The van der Waals surface area contributed by atoms with Crippen LogP contribution < -0.4 is 9.47 Å². The van der Waals surface area contributed by atoms with E-state index in [0.29, 0.717) is 24.0 Å². The molecule has 0 bridgehead atoms. The van der Waals surface area contributed by atoms with Crippen LogP contribution in [0.1, 0.15) is 19.4 Å². The summed E-state index contributed by atoms with van der Waals surface area (Å²) >= 11 is 0. The van der Waals surface area contributed by atoms with Gasteiger partial charge in [0.25, 0.3) is 5.91 Å². The average molecular weight is 293 g/mol. The molecule has 0 radical (unpaired) electrons. The van der Waals surface area contributed by atoms with Crippen molar-refractivity contribution < 1.29 is 19.1 Å². The Kier molecular flexibility index (Phi) is 6.75. The van der Waals surface area contributed by atoms with Crippen molar-refractivity contribution in [3.05, 3.63) is 29.8 Å². The van der Waals surface area contributed by atoms with E-state index < -0.39 is 0 Å². The summed E-state index contributed by atoms with van der Waals surface area (Å²) in [6.45, 7) is 4.80. The third-order valence-corrected chi connectivity index (χ3v) is 2.76. The van der Waals surface area contributed by atoms with Crippen LogP contribution in [0.2, 0.25) is 0 Å². The molecule has 0 aliphatic rings. The van der Waals surface area contributed by atoms with Gasteiger partial charge in [0.15, 0.2) is 11.5 Å². The van der Waals surface area contributed by atoms with Crippen molar-refractivity contribution in [1.82, 2.24) is 5.06 Å². The summed E-state index contributed by atoms with van der Waals surface area (Å²) in [6.07, 6.45) is 3.14. The van der Waals surface area contributed by atoms with Crippen LogP contribution in [0.25, 0.3) is 6.08 Å². The van der Waals surface area contributed by atoms with Gasteiger partial charge in [-0.1, -0.05) is 19.9 Å². The number of carbonyl (C=O) groups excluding carboxylic acids is 1. The maximum absolute atomic E-state index is 11.6. The highest BCUT2D eigenvalue weighted by atomic mass is 16.7. The molecule has 1 aromatic carbocycles.